The lowest BCUT2D eigenvalue weighted by molar-refractivity contribution is 0.108. The molecule has 0 radical (unpaired) electrons. The number of hydrogen-bond donors (Lipinski definition) is 0. The van der Waals surface area contributed by atoms with E-state index in [1.165, 1.54) is 25.5 Å². The fraction of sp³-hybridized carbons (Fsp3) is 0.500. The lowest BCUT2D eigenvalue weighted by Gasteiger charge is -2.22. The first-order valence-corrected chi connectivity index (χ1v) is 7.58. The highest BCUT2D eigenvalue weighted by atomic mass is 35.5. The monoisotopic (exact) mass is 311 g/mol. The molecule has 4 nitrogen and oxygen atoms in total. The van der Waals surface area contributed by atoms with Crippen molar-refractivity contribution in [2.45, 2.75) is 45.1 Å². The van der Waals surface area contributed by atoms with Gasteiger partial charge in [-0.1, -0.05) is 30.9 Å². The zero-order valence-electron chi connectivity index (χ0n) is 11.2. The van der Waals surface area contributed by atoms with E-state index in [2.05, 4.69) is 10.1 Å². The SMILES string of the molecule is Cc1nn(C2CCCCC2)c2ncc(C(=O)Cl)c(Cl)c12. The fourth-order valence-electron chi connectivity index (χ4n) is 2.95. The van der Waals surface area contributed by atoms with Gasteiger partial charge in [0.05, 0.1) is 27.7 Å². The third-order valence-electron chi connectivity index (χ3n) is 3.96. The Hall–Kier alpha value is -1.13. The first-order valence-electron chi connectivity index (χ1n) is 6.82. The van der Waals surface area contributed by atoms with Crippen LogP contribution in [0.2, 0.25) is 5.02 Å². The van der Waals surface area contributed by atoms with Crippen molar-refractivity contribution < 1.29 is 4.79 Å². The Bertz CT molecular complexity index is 675. The average molecular weight is 312 g/mol. The van der Waals surface area contributed by atoms with Crippen LogP contribution in [0, 0.1) is 6.92 Å². The summed E-state index contributed by atoms with van der Waals surface area (Å²) in [5.41, 5.74) is 1.79. The Morgan fingerprint density at radius 2 is 2.05 bits per heavy atom. The van der Waals surface area contributed by atoms with Gasteiger partial charge in [-0.25, -0.2) is 9.67 Å². The molecular formula is C14H15Cl2N3O. The molecule has 0 N–H and O–H groups in total. The van der Waals surface area contributed by atoms with Crippen LogP contribution < -0.4 is 0 Å². The second kappa shape index (κ2) is 5.34. The molecule has 2 aromatic heterocycles. The molecule has 1 saturated carbocycles. The van der Waals surface area contributed by atoms with Crippen molar-refractivity contribution in [1.82, 2.24) is 14.8 Å². The molecule has 0 unspecified atom stereocenters. The molecule has 20 heavy (non-hydrogen) atoms. The first kappa shape index (κ1) is 13.8. The number of aromatic nitrogens is 3. The van der Waals surface area contributed by atoms with Gasteiger partial charge in [-0.2, -0.15) is 5.10 Å². The number of hydrogen-bond acceptors (Lipinski definition) is 3. The van der Waals surface area contributed by atoms with E-state index in [4.69, 9.17) is 23.2 Å². The third kappa shape index (κ3) is 2.21. The summed E-state index contributed by atoms with van der Waals surface area (Å²) in [7, 11) is 0. The van der Waals surface area contributed by atoms with Gasteiger partial charge in [-0.15, -0.1) is 0 Å². The number of fused-ring (bicyclic) bond motifs is 1. The van der Waals surface area contributed by atoms with Crippen molar-refractivity contribution in [1.29, 1.82) is 0 Å². The van der Waals surface area contributed by atoms with Gasteiger partial charge < -0.3 is 0 Å². The Morgan fingerprint density at radius 1 is 1.35 bits per heavy atom. The van der Waals surface area contributed by atoms with Gasteiger partial charge in [0.15, 0.2) is 5.65 Å². The minimum absolute atomic E-state index is 0.243. The van der Waals surface area contributed by atoms with Crippen LogP contribution in [0.4, 0.5) is 0 Å². The lowest BCUT2D eigenvalue weighted by atomic mass is 9.96. The quantitative estimate of drug-likeness (QED) is 0.778. The van der Waals surface area contributed by atoms with Crippen LogP contribution in [0.1, 0.15) is 54.2 Å². The largest absolute Gasteiger partial charge is 0.275 e. The summed E-state index contributed by atoms with van der Waals surface area (Å²) < 4.78 is 1.97. The molecule has 0 aromatic carbocycles. The smallest absolute Gasteiger partial charge is 0.255 e. The van der Waals surface area contributed by atoms with E-state index in [0.29, 0.717) is 11.1 Å². The predicted octanol–water partition coefficient (Wildman–Crippen LogP) is 4.28. The van der Waals surface area contributed by atoms with Crippen molar-refractivity contribution in [3.05, 3.63) is 22.5 Å². The number of pyridine rings is 1. The number of carbonyl (C=O) groups excluding carboxylic acids is 1. The predicted molar refractivity (Wildman–Crippen MR) is 79.6 cm³/mol. The van der Waals surface area contributed by atoms with Gasteiger partial charge in [0.2, 0.25) is 0 Å². The Kier molecular flexibility index (Phi) is 3.69. The summed E-state index contributed by atoms with van der Waals surface area (Å²) in [6.45, 7) is 1.89. The van der Waals surface area contributed by atoms with E-state index in [9.17, 15) is 4.79 Å². The Balaban J connectivity index is 2.16. The van der Waals surface area contributed by atoms with Gasteiger partial charge >= 0.3 is 0 Å². The van der Waals surface area contributed by atoms with Gasteiger partial charge in [0.25, 0.3) is 5.24 Å². The minimum atomic E-state index is -0.589. The maximum Gasteiger partial charge on any atom is 0.255 e. The molecule has 2 aromatic rings. The highest BCUT2D eigenvalue weighted by molar-refractivity contribution is 6.69. The molecule has 6 heteroatoms. The molecule has 0 spiro atoms. The van der Waals surface area contributed by atoms with Crippen LogP contribution in [0.3, 0.4) is 0 Å². The number of nitrogens with zero attached hydrogens (tertiary/aromatic N) is 3. The summed E-state index contributed by atoms with van der Waals surface area (Å²) in [5, 5.41) is 5.10. The lowest BCUT2D eigenvalue weighted by Crippen LogP contribution is -2.14. The topological polar surface area (TPSA) is 47.8 Å². The molecular weight excluding hydrogens is 297 g/mol. The van der Waals surface area contributed by atoms with Crippen LogP contribution >= 0.6 is 23.2 Å². The zero-order valence-corrected chi connectivity index (χ0v) is 12.7. The van der Waals surface area contributed by atoms with Crippen molar-refractivity contribution >= 4 is 39.5 Å². The Labute approximate surface area is 127 Å². The summed E-state index contributed by atoms with van der Waals surface area (Å²) in [6.07, 6.45) is 7.40. The number of halogens is 2. The van der Waals surface area contributed by atoms with Gasteiger partial charge in [0, 0.05) is 6.20 Å². The normalized spacial score (nSPS) is 16.8. The minimum Gasteiger partial charge on any atom is -0.275 e. The van der Waals surface area contributed by atoms with Gasteiger partial charge in [-0.05, 0) is 31.4 Å². The van der Waals surface area contributed by atoms with Crippen LogP contribution in [0.25, 0.3) is 11.0 Å². The Morgan fingerprint density at radius 3 is 2.70 bits per heavy atom. The molecule has 0 amide bonds. The van der Waals surface area contributed by atoms with Crippen LogP contribution in [-0.4, -0.2) is 20.0 Å². The van der Waals surface area contributed by atoms with Crippen LogP contribution in [-0.2, 0) is 0 Å². The molecule has 0 saturated heterocycles. The average Bonchev–Trinajstić information content (AvgIpc) is 2.78. The molecule has 1 aliphatic carbocycles. The van der Waals surface area contributed by atoms with Crippen molar-refractivity contribution in [3.63, 3.8) is 0 Å². The summed E-state index contributed by atoms with van der Waals surface area (Å²) >= 11 is 11.8. The molecule has 3 rings (SSSR count). The standard InChI is InChI=1S/C14H15Cl2N3O/c1-8-11-12(15)10(13(16)20)7-17-14(11)19(18-8)9-5-3-2-4-6-9/h7,9H,2-6H2,1H3. The first-order chi connectivity index (χ1) is 9.59. The van der Waals surface area contributed by atoms with Crippen LogP contribution in [0.15, 0.2) is 6.20 Å². The highest BCUT2D eigenvalue weighted by Crippen LogP contribution is 2.34. The molecule has 1 fully saturated rings. The number of aryl methyl sites for hydroxylation is 1. The second-order valence-electron chi connectivity index (χ2n) is 5.28. The maximum atomic E-state index is 11.3. The van der Waals surface area contributed by atoms with Crippen molar-refractivity contribution in [2.24, 2.45) is 0 Å². The third-order valence-corrected chi connectivity index (χ3v) is 4.56. The van der Waals surface area contributed by atoms with Gasteiger partial charge in [-0.3, -0.25) is 4.79 Å². The van der Waals surface area contributed by atoms with Crippen molar-refractivity contribution in [2.75, 3.05) is 0 Å². The summed E-state index contributed by atoms with van der Waals surface area (Å²) in [4.78, 5) is 15.7. The number of carbonyl (C=O) groups is 1. The fourth-order valence-corrected chi connectivity index (χ4v) is 3.50. The second-order valence-corrected chi connectivity index (χ2v) is 6.00. The molecule has 1 aliphatic rings. The zero-order chi connectivity index (χ0) is 14.3. The summed E-state index contributed by atoms with van der Waals surface area (Å²) in [5.74, 6) is 0. The van der Waals surface area contributed by atoms with E-state index in [0.717, 1.165) is 29.6 Å². The molecule has 0 aliphatic heterocycles. The van der Waals surface area contributed by atoms with E-state index < -0.39 is 5.24 Å². The van der Waals surface area contributed by atoms with E-state index >= 15 is 0 Å². The highest BCUT2D eigenvalue weighted by Gasteiger charge is 2.23. The van der Waals surface area contributed by atoms with Gasteiger partial charge in [0.1, 0.15) is 0 Å². The van der Waals surface area contributed by atoms with E-state index in [-0.39, 0.29) is 5.56 Å². The number of rotatable bonds is 2. The van der Waals surface area contributed by atoms with Crippen molar-refractivity contribution in [3.8, 4) is 0 Å². The molecule has 106 valence electrons. The molecule has 0 atom stereocenters. The summed E-state index contributed by atoms with van der Waals surface area (Å²) in [6, 6.07) is 0.376. The van der Waals surface area contributed by atoms with E-state index in [1.807, 2.05) is 11.6 Å². The molecule has 0 bridgehead atoms. The maximum absolute atomic E-state index is 11.3. The van der Waals surface area contributed by atoms with E-state index in [1.54, 1.807) is 0 Å². The van der Waals surface area contributed by atoms with Crippen LogP contribution in [0.5, 0.6) is 0 Å². The molecule has 2 heterocycles.